The summed E-state index contributed by atoms with van der Waals surface area (Å²) in [5.41, 5.74) is 0. The highest BCUT2D eigenvalue weighted by Gasteiger charge is 2.33. The van der Waals surface area contributed by atoms with Crippen LogP contribution in [0.15, 0.2) is 0 Å². The van der Waals surface area contributed by atoms with E-state index in [1.165, 1.54) is 0 Å². The van der Waals surface area contributed by atoms with Crippen LogP contribution in [0.25, 0.3) is 0 Å². The number of ether oxygens (including phenoxy) is 1. The fraction of sp³-hybridized carbons (Fsp3) is 0.917. The maximum atomic E-state index is 11.8. The van der Waals surface area contributed by atoms with Crippen molar-refractivity contribution in [2.75, 3.05) is 20.3 Å². The summed E-state index contributed by atoms with van der Waals surface area (Å²) < 4.78 is 5.07. The predicted molar refractivity (Wildman–Crippen MR) is 64.0 cm³/mol. The minimum Gasteiger partial charge on any atom is -0.385 e. The number of hydrogen-bond acceptors (Lipinski definition) is 3. The van der Waals surface area contributed by atoms with Gasteiger partial charge in [0.05, 0.1) is 12.7 Å². The van der Waals surface area contributed by atoms with Gasteiger partial charge in [-0.3, -0.25) is 10.1 Å². The van der Waals surface area contributed by atoms with Gasteiger partial charge in [-0.25, -0.2) is 0 Å². The van der Waals surface area contributed by atoms with Gasteiger partial charge in [-0.05, 0) is 25.7 Å². The van der Waals surface area contributed by atoms with E-state index in [4.69, 9.17) is 4.74 Å². The van der Waals surface area contributed by atoms with Gasteiger partial charge in [0.15, 0.2) is 0 Å². The summed E-state index contributed by atoms with van der Waals surface area (Å²) in [5.74, 6) is 0.815. The van der Waals surface area contributed by atoms with Crippen molar-refractivity contribution in [1.29, 1.82) is 0 Å². The molecule has 0 spiro atoms. The molecule has 1 amide bonds. The number of nitrogens with zero attached hydrogens (tertiary/aromatic N) is 1. The highest BCUT2D eigenvalue weighted by Crippen LogP contribution is 2.18. The van der Waals surface area contributed by atoms with Crippen molar-refractivity contribution in [2.24, 2.45) is 5.92 Å². The van der Waals surface area contributed by atoms with Crippen molar-refractivity contribution in [3.63, 3.8) is 0 Å². The van der Waals surface area contributed by atoms with E-state index in [1.807, 2.05) is 4.90 Å². The molecular weight excluding hydrogens is 204 g/mol. The van der Waals surface area contributed by atoms with E-state index in [0.717, 1.165) is 12.8 Å². The minimum atomic E-state index is 0.208. The fourth-order valence-corrected chi connectivity index (χ4v) is 2.19. The molecule has 2 unspecified atom stereocenters. The van der Waals surface area contributed by atoms with Crippen molar-refractivity contribution < 1.29 is 9.53 Å². The molecule has 1 aliphatic heterocycles. The molecule has 4 heteroatoms. The molecule has 0 radical (unpaired) electrons. The smallest absolute Gasteiger partial charge is 0.238 e. The Morgan fingerprint density at radius 3 is 2.75 bits per heavy atom. The molecule has 2 atom stereocenters. The molecule has 1 saturated heterocycles. The number of rotatable bonds is 6. The van der Waals surface area contributed by atoms with Gasteiger partial charge in [-0.15, -0.1) is 0 Å². The first kappa shape index (κ1) is 13.5. The molecule has 1 aliphatic rings. The fourth-order valence-electron chi connectivity index (χ4n) is 2.19. The minimum absolute atomic E-state index is 0.208. The van der Waals surface area contributed by atoms with Crippen molar-refractivity contribution in [3.8, 4) is 0 Å². The SMILES string of the molecule is COCCC(C)N1C(=O)CNC1CC(C)C. The van der Waals surface area contributed by atoms with Crippen LogP contribution in [-0.4, -0.2) is 43.3 Å². The molecule has 1 fully saturated rings. The third-order valence-electron chi connectivity index (χ3n) is 3.02. The van der Waals surface area contributed by atoms with Crippen molar-refractivity contribution >= 4 is 5.91 Å². The van der Waals surface area contributed by atoms with Crippen LogP contribution in [0.2, 0.25) is 0 Å². The number of methoxy groups -OCH3 is 1. The van der Waals surface area contributed by atoms with Gasteiger partial charge < -0.3 is 9.64 Å². The second kappa shape index (κ2) is 6.21. The van der Waals surface area contributed by atoms with Crippen molar-refractivity contribution in [1.82, 2.24) is 10.2 Å². The van der Waals surface area contributed by atoms with E-state index in [-0.39, 0.29) is 18.1 Å². The number of hydrogen-bond donors (Lipinski definition) is 1. The van der Waals surface area contributed by atoms with E-state index < -0.39 is 0 Å². The zero-order chi connectivity index (χ0) is 12.1. The average Bonchev–Trinajstić information content (AvgIpc) is 2.55. The van der Waals surface area contributed by atoms with Crippen molar-refractivity contribution in [2.45, 2.75) is 45.8 Å². The van der Waals surface area contributed by atoms with E-state index in [0.29, 0.717) is 19.1 Å². The Bertz CT molecular complexity index is 231. The molecule has 1 heterocycles. The topological polar surface area (TPSA) is 41.6 Å². The van der Waals surface area contributed by atoms with Crippen LogP contribution in [0.3, 0.4) is 0 Å². The van der Waals surface area contributed by atoms with Gasteiger partial charge >= 0.3 is 0 Å². The van der Waals surface area contributed by atoms with Gasteiger partial charge in [0.2, 0.25) is 5.91 Å². The molecular formula is C12H24N2O2. The first-order valence-corrected chi connectivity index (χ1v) is 6.09. The van der Waals surface area contributed by atoms with Gasteiger partial charge in [-0.2, -0.15) is 0 Å². The lowest BCUT2D eigenvalue weighted by molar-refractivity contribution is -0.130. The Balaban J connectivity index is 2.54. The molecule has 0 aromatic carbocycles. The number of carbonyl (C=O) groups is 1. The Labute approximate surface area is 98.3 Å². The van der Waals surface area contributed by atoms with E-state index in [9.17, 15) is 4.79 Å². The van der Waals surface area contributed by atoms with Gasteiger partial charge in [0, 0.05) is 19.8 Å². The molecule has 1 N–H and O–H groups in total. The average molecular weight is 228 g/mol. The van der Waals surface area contributed by atoms with Crippen LogP contribution in [0.5, 0.6) is 0 Å². The van der Waals surface area contributed by atoms with Gasteiger partial charge in [0.25, 0.3) is 0 Å². The lowest BCUT2D eigenvalue weighted by atomic mass is 10.1. The number of carbonyl (C=O) groups excluding carboxylic acids is 1. The maximum Gasteiger partial charge on any atom is 0.238 e. The number of nitrogens with one attached hydrogen (secondary N) is 1. The second-order valence-electron chi connectivity index (χ2n) is 4.96. The lowest BCUT2D eigenvalue weighted by Gasteiger charge is -2.31. The Kier molecular flexibility index (Phi) is 5.22. The molecule has 4 nitrogen and oxygen atoms in total. The molecule has 0 aromatic rings. The monoisotopic (exact) mass is 228 g/mol. The van der Waals surface area contributed by atoms with E-state index in [1.54, 1.807) is 7.11 Å². The number of amides is 1. The molecule has 16 heavy (non-hydrogen) atoms. The largest absolute Gasteiger partial charge is 0.385 e. The summed E-state index contributed by atoms with van der Waals surface area (Å²) in [7, 11) is 1.70. The van der Waals surface area contributed by atoms with E-state index >= 15 is 0 Å². The first-order chi connectivity index (χ1) is 7.56. The predicted octanol–water partition coefficient (Wildman–Crippen LogP) is 1.22. The third-order valence-corrected chi connectivity index (χ3v) is 3.02. The van der Waals surface area contributed by atoms with Crippen LogP contribution in [0.4, 0.5) is 0 Å². The van der Waals surface area contributed by atoms with Gasteiger partial charge in [-0.1, -0.05) is 13.8 Å². The Hall–Kier alpha value is -0.610. The van der Waals surface area contributed by atoms with Crippen molar-refractivity contribution in [3.05, 3.63) is 0 Å². The Morgan fingerprint density at radius 1 is 1.50 bits per heavy atom. The summed E-state index contributed by atoms with van der Waals surface area (Å²) in [6, 6.07) is 0.256. The molecule has 1 rings (SSSR count). The summed E-state index contributed by atoms with van der Waals surface area (Å²) in [6.45, 7) is 7.65. The standard InChI is InChI=1S/C12H24N2O2/c1-9(2)7-11-13-8-12(15)14(11)10(3)5-6-16-4/h9-11,13H,5-8H2,1-4H3. The Morgan fingerprint density at radius 2 is 2.19 bits per heavy atom. The zero-order valence-corrected chi connectivity index (χ0v) is 10.8. The van der Waals surface area contributed by atoms with Crippen LogP contribution < -0.4 is 5.32 Å². The highest BCUT2D eigenvalue weighted by molar-refractivity contribution is 5.80. The lowest BCUT2D eigenvalue weighted by Crippen LogP contribution is -2.44. The summed E-state index contributed by atoms with van der Waals surface area (Å²) in [6.07, 6.45) is 2.13. The third kappa shape index (κ3) is 3.46. The van der Waals surface area contributed by atoms with Crippen LogP contribution in [0.1, 0.15) is 33.6 Å². The van der Waals surface area contributed by atoms with Crippen LogP contribution >= 0.6 is 0 Å². The quantitative estimate of drug-likeness (QED) is 0.743. The van der Waals surface area contributed by atoms with Gasteiger partial charge in [0.1, 0.15) is 0 Å². The molecule has 0 aliphatic carbocycles. The second-order valence-corrected chi connectivity index (χ2v) is 4.96. The summed E-state index contributed by atoms with van der Waals surface area (Å²) >= 11 is 0. The molecule has 0 aromatic heterocycles. The first-order valence-electron chi connectivity index (χ1n) is 6.09. The van der Waals surface area contributed by atoms with Crippen LogP contribution in [0, 0.1) is 5.92 Å². The van der Waals surface area contributed by atoms with E-state index in [2.05, 4.69) is 26.1 Å². The highest BCUT2D eigenvalue weighted by atomic mass is 16.5. The molecule has 0 saturated carbocycles. The summed E-state index contributed by atoms with van der Waals surface area (Å²) in [5, 5.41) is 3.28. The molecule has 0 bridgehead atoms. The maximum absolute atomic E-state index is 11.8. The zero-order valence-electron chi connectivity index (χ0n) is 10.8. The normalized spacial score (nSPS) is 23.2. The van der Waals surface area contributed by atoms with Crippen LogP contribution in [-0.2, 0) is 9.53 Å². The molecule has 94 valence electrons. The summed E-state index contributed by atoms with van der Waals surface area (Å²) in [4.78, 5) is 13.8.